The van der Waals surface area contributed by atoms with Crippen LogP contribution in [0, 0.1) is 0 Å². The number of rotatable bonds is 18. The molecule has 0 saturated heterocycles. The van der Waals surface area contributed by atoms with Crippen LogP contribution in [0.1, 0.15) is 99.3 Å². The molecule has 0 aliphatic carbocycles. The first kappa shape index (κ1) is 26.8. The van der Waals surface area contributed by atoms with Gasteiger partial charge in [0.15, 0.2) is 0 Å². The molecule has 0 fully saturated rings. The molecule has 4 heteroatoms. The molecule has 0 heterocycles. The molecule has 0 spiro atoms. The standard InChI is InChI=1S/C23H52N4/c1-7-21(26(9-3)10-4)15-18-23(25,17-13-14-20-24)19-16-22(8-2)27(11-5)12-6/h21-22H,7-20,24-25H2,1-6H3. The van der Waals surface area contributed by atoms with Gasteiger partial charge in [0, 0.05) is 17.6 Å². The van der Waals surface area contributed by atoms with Crippen LogP contribution in [-0.2, 0) is 0 Å². The van der Waals surface area contributed by atoms with Crippen LogP contribution in [0.15, 0.2) is 0 Å². The minimum atomic E-state index is -0.0314. The lowest BCUT2D eigenvalue weighted by molar-refractivity contribution is 0.162. The summed E-state index contributed by atoms with van der Waals surface area (Å²) in [5, 5.41) is 0. The van der Waals surface area contributed by atoms with Gasteiger partial charge in [-0.05, 0) is 84.1 Å². The molecule has 0 rings (SSSR count). The third-order valence-corrected chi connectivity index (χ3v) is 6.68. The summed E-state index contributed by atoms with van der Waals surface area (Å²) in [7, 11) is 0. The monoisotopic (exact) mass is 384 g/mol. The first-order valence-corrected chi connectivity index (χ1v) is 11.9. The second-order valence-electron chi connectivity index (χ2n) is 8.25. The van der Waals surface area contributed by atoms with Gasteiger partial charge >= 0.3 is 0 Å². The number of hydrogen-bond acceptors (Lipinski definition) is 4. The van der Waals surface area contributed by atoms with E-state index in [-0.39, 0.29) is 5.54 Å². The van der Waals surface area contributed by atoms with E-state index in [9.17, 15) is 0 Å². The highest BCUT2D eigenvalue weighted by atomic mass is 15.1. The van der Waals surface area contributed by atoms with Crippen LogP contribution in [-0.4, -0.2) is 60.1 Å². The molecule has 0 radical (unpaired) electrons. The summed E-state index contributed by atoms with van der Waals surface area (Å²) < 4.78 is 0. The maximum absolute atomic E-state index is 7.03. The van der Waals surface area contributed by atoms with Gasteiger partial charge < -0.3 is 21.3 Å². The Balaban J connectivity index is 4.95. The Morgan fingerprint density at radius 2 is 1.07 bits per heavy atom. The van der Waals surface area contributed by atoms with E-state index >= 15 is 0 Å². The van der Waals surface area contributed by atoms with E-state index in [4.69, 9.17) is 11.5 Å². The molecule has 4 nitrogen and oxygen atoms in total. The molecule has 0 aromatic carbocycles. The summed E-state index contributed by atoms with van der Waals surface area (Å²) in [4.78, 5) is 5.20. The van der Waals surface area contributed by atoms with Crippen LogP contribution < -0.4 is 11.5 Å². The fourth-order valence-corrected chi connectivity index (χ4v) is 4.67. The molecule has 0 aliphatic rings. The van der Waals surface area contributed by atoms with Crippen LogP contribution in [0.3, 0.4) is 0 Å². The van der Waals surface area contributed by atoms with Gasteiger partial charge in [-0.3, -0.25) is 0 Å². The smallest absolute Gasteiger partial charge is 0.0155 e. The Hall–Kier alpha value is -0.160. The molecule has 0 aromatic rings. The summed E-state index contributed by atoms with van der Waals surface area (Å²) in [6, 6.07) is 1.34. The topological polar surface area (TPSA) is 58.5 Å². The Bertz CT molecular complexity index is 302. The molecule has 4 N–H and O–H groups in total. The van der Waals surface area contributed by atoms with Gasteiger partial charge in [-0.15, -0.1) is 0 Å². The largest absolute Gasteiger partial charge is 0.330 e. The van der Waals surface area contributed by atoms with Gasteiger partial charge in [0.25, 0.3) is 0 Å². The molecule has 0 aromatic heterocycles. The number of nitrogens with two attached hydrogens (primary N) is 2. The van der Waals surface area contributed by atoms with Gasteiger partial charge in [-0.25, -0.2) is 0 Å². The van der Waals surface area contributed by atoms with Crippen molar-refractivity contribution < 1.29 is 0 Å². The molecular weight excluding hydrogens is 332 g/mol. The van der Waals surface area contributed by atoms with Crippen LogP contribution >= 0.6 is 0 Å². The predicted octanol–water partition coefficient (Wildman–Crippen LogP) is 4.61. The molecule has 0 aliphatic heterocycles. The van der Waals surface area contributed by atoms with Crippen LogP contribution in [0.25, 0.3) is 0 Å². The van der Waals surface area contributed by atoms with Crippen LogP contribution in [0.4, 0.5) is 0 Å². The third-order valence-electron chi connectivity index (χ3n) is 6.68. The van der Waals surface area contributed by atoms with Gasteiger partial charge in [0.2, 0.25) is 0 Å². The van der Waals surface area contributed by atoms with E-state index in [0.717, 1.165) is 64.8 Å². The quantitative estimate of drug-likeness (QED) is 0.339. The first-order chi connectivity index (χ1) is 12.9. The number of hydrogen-bond donors (Lipinski definition) is 2. The zero-order chi connectivity index (χ0) is 20.7. The highest BCUT2D eigenvalue weighted by Gasteiger charge is 2.28. The average Bonchev–Trinajstić information content (AvgIpc) is 2.68. The Morgan fingerprint density at radius 3 is 1.37 bits per heavy atom. The van der Waals surface area contributed by atoms with Gasteiger partial charge in [0.05, 0.1) is 0 Å². The molecule has 2 atom stereocenters. The van der Waals surface area contributed by atoms with Crippen LogP contribution in [0.2, 0.25) is 0 Å². The summed E-state index contributed by atoms with van der Waals surface area (Å²) in [6.45, 7) is 19.1. The van der Waals surface area contributed by atoms with Gasteiger partial charge in [-0.1, -0.05) is 48.0 Å². The van der Waals surface area contributed by atoms with Crippen molar-refractivity contribution in [2.45, 2.75) is 117 Å². The molecular formula is C23H52N4. The predicted molar refractivity (Wildman–Crippen MR) is 122 cm³/mol. The van der Waals surface area contributed by atoms with E-state index in [1.807, 2.05) is 0 Å². The van der Waals surface area contributed by atoms with Crippen molar-refractivity contribution in [2.75, 3.05) is 32.7 Å². The van der Waals surface area contributed by atoms with E-state index in [1.54, 1.807) is 0 Å². The summed E-state index contributed by atoms with van der Waals surface area (Å²) in [6.07, 6.45) is 10.5. The van der Waals surface area contributed by atoms with Crippen molar-refractivity contribution >= 4 is 0 Å². The van der Waals surface area contributed by atoms with Crippen LogP contribution in [0.5, 0.6) is 0 Å². The molecule has 2 unspecified atom stereocenters. The van der Waals surface area contributed by atoms with Gasteiger partial charge in [0.1, 0.15) is 0 Å². The van der Waals surface area contributed by atoms with Crippen molar-refractivity contribution in [2.24, 2.45) is 11.5 Å². The molecule has 0 amide bonds. The lowest BCUT2D eigenvalue weighted by Crippen LogP contribution is -2.45. The fourth-order valence-electron chi connectivity index (χ4n) is 4.67. The average molecular weight is 385 g/mol. The van der Waals surface area contributed by atoms with Crippen molar-refractivity contribution in [3.63, 3.8) is 0 Å². The Kier molecular flexibility index (Phi) is 15.6. The maximum atomic E-state index is 7.03. The van der Waals surface area contributed by atoms with Crippen molar-refractivity contribution in [3.05, 3.63) is 0 Å². The lowest BCUT2D eigenvalue weighted by atomic mass is 9.81. The molecule has 164 valence electrons. The lowest BCUT2D eigenvalue weighted by Gasteiger charge is -2.37. The van der Waals surface area contributed by atoms with E-state index in [1.165, 1.54) is 25.7 Å². The summed E-state index contributed by atoms with van der Waals surface area (Å²) in [5.41, 5.74) is 12.7. The zero-order valence-electron chi connectivity index (χ0n) is 19.6. The van der Waals surface area contributed by atoms with Gasteiger partial charge in [-0.2, -0.15) is 0 Å². The Morgan fingerprint density at radius 1 is 0.667 bits per heavy atom. The fraction of sp³-hybridized carbons (Fsp3) is 1.00. The third kappa shape index (κ3) is 10.3. The number of unbranched alkanes of at least 4 members (excludes halogenated alkanes) is 1. The summed E-state index contributed by atoms with van der Waals surface area (Å²) >= 11 is 0. The highest BCUT2D eigenvalue weighted by molar-refractivity contribution is 4.88. The number of nitrogens with zero attached hydrogens (tertiary/aromatic N) is 2. The van der Waals surface area contributed by atoms with Crippen molar-refractivity contribution in [1.82, 2.24) is 9.80 Å². The van der Waals surface area contributed by atoms with E-state index in [2.05, 4.69) is 51.3 Å². The first-order valence-electron chi connectivity index (χ1n) is 11.9. The van der Waals surface area contributed by atoms with E-state index in [0.29, 0.717) is 12.1 Å². The van der Waals surface area contributed by atoms with E-state index < -0.39 is 0 Å². The summed E-state index contributed by atoms with van der Waals surface area (Å²) in [5.74, 6) is 0. The second kappa shape index (κ2) is 15.7. The molecule has 0 saturated carbocycles. The van der Waals surface area contributed by atoms with Crippen molar-refractivity contribution in [3.8, 4) is 0 Å². The zero-order valence-corrected chi connectivity index (χ0v) is 19.6. The SMILES string of the molecule is CCC(CCC(N)(CCCCN)CCC(CC)N(CC)CC)N(CC)CC. The Labute approximate surface area is 171 Å². The normalized spacial score (nSPS) is 16.7. The molecule has 0 bridgehead atoms. The highest BCUT2D eigenvalue weighted by Crippen LogP contribution is 2.28. The molecule has 27 heavy (non-hydrogen) atoms. The minimum absolute atomic E-state index is 0.0314. The van der Waals surface area contributed by atoms with Crippen molar-refractivity contribution in [1.29, 1.82) is 0 Å². The second-order valence-corrected chi connectivity index (χ2v) is 8.25. The maximum Gasteiger partial charge on any atom is 0.0155 e. The minimum Gasteiger partial charge on any atom is -0.330 e.